The van der Waals surface area contributed by atoms with Gasteiger partial charge in [-0.1, -0.05) is 18.2 Å². The molecule has 0 radical (unpaired) electrons. The highest BCUT2D eigenvalue weighted by Gasteiger charge is 2.25. The summed E-state index contributed by atoms with van der Waals surface area (Å²) >= 11 is 0. The normalized spacial score (nSPS) is 17.9. The molecule has 2 aliphatic carbocycles. The molecule has 0 spiro atoms. The highest BCUT2D eigenvalue weighted by Crippen LogP contribution is 2.39. The Hall–Kier alpha value is -3.38. The number of hydrogen-bond donors (Lipinski definition) is 5. The third-order valence-corrected chi connectivity index (χ3v) is 5.06. The first kappa shape index (κ1) is 19.9. The van der Waals surface area contributed by atoms with E-state index in [0.717, 1.165) is 36.6 Å². The van der Waals surface area contributed by atoms with Gasteiger partial charge in [0, 0.05) is 30.3 Å². The van der Waals surface area contributed by atoms with Crippen LogP contribution < -0.4 is 21.7 Å². The molecule has 1 fully saturated rings. The third kappa shape index (κ3) is 5.36. The van der Waals surface area contributed by atoms with E-state index >= 15 is 0 Å². The molecule has 2 aliphatic rings. The first-order chi connectivity index (χ1) is 14.7. The minimum Gasteiger partial charge on any atom is -0.370 e. The Kier molecular flexibility index (Phi) is 6.25. The van der Waals surface area contributed by atoms with E-state index in [9.17, 15) is 0 Å². The molecule has 156 valence electrons. The largest absolute Gasteiger partial charge is 0.370 e. The van der Waals surface area contributed by atoms with Crippen molar-refractivity contribution in [3.63, 3.8) is 0 Å². The van der Waals surface area contributed by atoms with Crippen molar-refractivity contribution in [3.8, 4) is 6.07 Å². The molecule has 30 heavy (non-hydrogen) atoms. The molecule has 1 atom stereocenters. The Balaban J connectivity index is 1.47. The molecule has 0 saturated heterocycles. The predicted molar refractivity (Wildman–Crippen MR) is 118 cm³/mol. The van der Waals surface area contributed by atoms with E-state index in [0.29, 0.717) is 30.6 Å². The Morgan fingerprint density at radius 1 is 1.20 bits per heavy atom. The van der Waals surface area contributed by atoms with Crippen LogP contribution in [-0.4, -0.2) is 39.3 Å². The summed E-state index contributed by atoms with van der Waals surface area (Å²) in [5.41, 5.74) is 7.81. The molecule has 9 heteroatoms. The molecular weight excluding hydrogens is 378 g/mol. The van der Waals surface area contributed by atoms with Crippen LogP contribution in [-0.2, 0) is 0 Å². The molecule has 2 aromatic heterocycles. The highest BCUT2D eigenvalue weighted by molar-refractivity contribution is 5.59. The molecule has 1 unspecified atom stereocenters. The summed E-state index contributed by atoms with van der Waals surface area (Å²) in [6.07, 6.45) is 10.6. The number of nitriles is 1. The van der Waals surface area contributed by atoms with Crippen LogP contribution in [0.5, 0.6) is 0 Å². The van der Waals surface area contributed by atoms with Crippen LogP contribution in [0.1, 0.15) is 43.7 Å². The Morgan fingerprint density at radius 2 is 2.07 bits per heavy atom. The zero-order valence-electron chi connectivity index (χ0n) is 16.9. The second-order valence-electron chi connectivity index (χ2n) is 7.60. The molecular formula is C21H27N9. The molecule has 0 aliphatic heterocycles. The molecule has 0 bridgehead atoms. The van der Waals surface area contributed by atoms with E-state index in [1.165, 1.54) is 18.5 Å². The fourth-order valence-electron chi connectivity index (χ4n) is 3.28. The minimum absolute atomic E-state index is 0.0754. The van der Waals surface area contributed by atoms with E-state index in [1.54, 1.807) is 0 Å². The van der Waals surface area contributed by atoms with E-state index < -0.39 is 0 Å². The average Bonchev–Trinajstić information content (AvgIpc) is 3.49. The molecule has 1 saturated carbocycles. The minimum atomic E-state index is 0.0754. The Labute approximate surface area is 175 Å². The van der Waals surface area contributed by atoms with Crippen LogP contribution in [0.15, 0.2) is 35.9 Å². The van der Waals surface area contributed by atoms with Gasteiger partial charge in [-0.3, -0.25) is 5.10 Å². The summed E-state index contributed by atoms with van der Waals surface area (Å²) in [6, 6.07) is 6.17. The molecule has 9 nitrogen and oxygen atoms in total. The summed E-state index contributed by atoms with van der Waals surface area (Å²) in [5, 5.41) is 26.2. The second kappa shape index (κ2) is 9.41. The van der Waals surface area contributed by atoms with E-state index in [-0.39, 0.29) is 6.04 Å². The van der Waals surface area contributed by atoms with Gasteiger partial charge in [-0.15, -0.1) is 0 Å². The maximum Gasteiger partial charge on any atom is 0.227 e. The number of nitrogens with one attached hydrogen (secondary N) is 4. The number of nitrogens with two attached hydrogens (primary N) is 1. The summed E-state index contributed by atoms with van der Waals surface area (Å²) in [6.45, 7) is 1.36. The average molecular weight is 406 g/mol. The van der Waals surface area contributed by atoms with Gasteiger partial charge >= 0.3 is 0 Å². The lowest BCUT2D eigenvalue weighted by Crippen LogP contribution is -2.20. The smallest absolute Gasteiger partial charge is 0.227 e. The van der Waals surface area contributed by atoms with Crippen LogP contribution in [0, 0.1) is 11.3 Å². The van der Waals surface area contributed by atoms with Crippen molar-refractivity contribution in [3.05, 3.63) is 41.6 Å². The monoisotopic (exact) mass is 405 g/mol. The number of hydrogen-bond acceptors (Lipinski definition) is 8. The van der Waals surface area contributed by atoms with Crippen LogP contribution in [0.25, 0.3) is 0 Å². The van der Waals surface area contributed by atoms with Gasteiger partial charge in [0.25, 0.3) is 0 Å². The number of H-pyrrole nitrogens is 1. The lowest BCUT2D eigenvalue weighted by molar-refractivity contribution is 0.846. The fraction of sp³-hybridized carbons (Fsp3) is 0.429. The standard InChI is InChI=1S/C21H27N9/c22-9-1-11-24-18-13-19(26-20-12-17(29-30-20)15-4-5-15)28-21(27-18)25-16-6-2-14(3-7-16)8-10-23/h2-3,6,12-13,15-16H,1,4-5,7-9,11,22H2,(H4,24,25,26,27,28,29,30). The number of aromatic nitrogens is 4. The van der Waals surface area contributed by atoms with Gasteiger partial charge < -0.3 is 21.7 Å². The fourth-order valence-corrected chi connectivity index (χ4v) is 3.28. The van der Waals surface area contributed by atoms with E-state index in [1.807, 2.05) is 24.3 Å². The second-order valence-corrected chi connectivity index (χ2v) is 7.60. The van der Waals surface area contributed by atoms with Crippen molar-refractivity contribution in [2.75, 3.05) is 29.0 Å². The van der Waals surface area contributed by atoms with Crippen molar-refractivity contribution in [1.82, 2.24) is 20.2 Å². The maximum absolute atomic E-state index is 8.84. The van der Waals surface area contributed by atoms with Crippen molar-refractivity contribution < 1.29 is 0 Å². The number of allylic oxidation sites excluding steroid dienone is 2. The van der Waals surface area contributed by atoms with E-state index in [2.05, 4.69) is 48.3 Å². The molecule has 6 N–H and O–H groups in total. The van der Waals surface area contributed by atoms with Crippen molar-refractivity contribution >= 4 is 23.4 Å². The number of rotatable bonds is 10. The number of aromatic amines is 1. The summed E-state index contributed by atoms with van der Waals surface area (Å²) in [7, 11) is 0. The van der Waals surface area contributed by atoms with Crippen molar-refractivity contribution in [2.24, 2.45) is 5.73 Å². The lowest BCUT2D eigenvalue weighted by Gasteiger charge is -2.18. The zero-order valence-corrected chi connectivity index (χ0v) is 16.9. The summed E-state index contributed by atoms with van der Waals surface area (Å²) in [5.74, 6) is 3.27. The predicted octanol–water partition coefficient (Wildman–Crippen LogP) is 3.16. The van der Waals surface area contributed by atoms with Gasteiger partial charge in [0.15, 0.2) is 5.82 Å². The van der Waals surface area contributed by atoms with Gasteiger partial charge in [0.2, 0.25) is 5.95 Å². The van der Waals surface area contributed by atoms with Crippen LogP contribution in [0.3, 0.4) is 0 Å². The van der Waals surface area contributed by atoms with Gasteiger partial charge in [-0.2, -0.15) is 20.3 Å². The van der Waals surface area contributed by atoms with E-state index in [4.69, 9.17) is 11.0 Å². The first-order valence-corrected chi connectivity index (χ1v) is 10.4. The van der Waals surface area contributed by atoms with Crippen LogP contribution in [0.4, 0.5) is 23.4 Å². The van der Waals surface area contributed by atoms with Gasteiger partial charge in [-0.25, -0.2) is 0 Å². The molecule has 0 amide bonds. The van der Waals surface area contributed by atoms with Crippen LogP contribution in [0.2, 0.25) is 0 Å². The molecule has 0 aromatic carbocycles. The van der Waals surface area contributed by atoms with Gasteiger partial charge in [0.1, 0.15) is 11.6 Å². The van der Waals surface area contributed by atoms with Gasteiger partial charge in [0.05, 0.1) is 18.5 Å². The zero-order chi connectivity index (χ0) is 20.8. The third-order valence-electron chi connectivity index (χ3n) is 5.06. The van der Waals surface area contributed by atoms with Crippen molar-refractivity contribution in [2.45, 2.75) is 44.1 Å². The SMILES string of the molecule is N#CCC1=CCC(Nc2nc(NCCCN)cc(Nc3cc(C4CC4)[nH]n3)n2)C=C1. The lowest BCUT2D eigenvalue weighted by atomic mass is 10.0. The maximum atomic E-state index is 8.84. The quantitative estimate of drug-likeness (QED) is 0.380. The topological polar surface area (TPSA) is 140 Å². The first-order valence-electron chi connectivity index (χ1n) is 10.4. The summed E-state index contributed by atoms with van der Waals surface area (Å²) < 4.78 is 0. The van der Waals surface area contributed by atoms with Crippen LogP contribution >= 0.6 is 0 Å². The summed E-state index contributed by atoms with van der Waals surface area (Å²) in [4.78, 5) is 9.21. The van der Waals surface area contributed by atoms with Gasteiger partial charge in [-0.05, 0) is 37.8 Å². The molecule has 2 heterocycles. The Bertz CT molecular complexity index is 965. The number of nitrogens with zero attached hydrogens (tertiary/aromatic N) is 4. The highest BCUT2D eigenvalue weighted by atomic mass is 15.2. The van der Waals surface area contributed by atoms with Crippen molar-refractivity contribution in [1.29, 1.82) is 5.26 Å². The molecule has 2 aromatic rings. The molecule has 4 rings (SSSR count). The number of anilines is 4. The Morgan fingerprint density at radius 3 is 2.80 bits per heavy atom.